The smallest absolute Gasteiger partial charge is 0.289 e. The largest absolute Gasteiger partial charge is 0.339 e. The Kier molecular flexibility index (Phi) is 5.54. The van der Waals surface area contributed by atoms with Gasteiger partial charge in [0.05, 0.1) is 10.8 Å². The molecular formula is C20H19FN4O5S. The lowest BCUT2D eigenvalue weighted by molar-refractivity contribution is -0.387. The van der Waals surface area contributed by atoms with E-state index >= 15 is 0 Å². The highest BCUT2D eigenvalue weighted by atomic mass is 32.2. The van der Waals surface area contributed by atoms with Crippen LogP contribution >= 0.6 is 0 Å². The molecule has 1 unspecified atom stereocenters. The van der Waals surface area contributed by atoms with Crippen LogP contribution in [0, 0.1) is 22.9 Å². The van der Waals surface area contributed by atoms with Crippen LogP contribution in [-0.4, -0.2) is 40.9 Å². The minimum atomic E-state index is -4.10. The quantitative estimate of drug-likeness (QED) is 0.433. The van der Waals surface area contributed by atoms with Crippen molar-refractivity contribution in [1.29, 1.82) is 0 Å². The average Bonchev–Trinajstić information content (AvgIpc) is 3.24. The molecular weight excluding hydrogens is 427 g/mol. The first-order valence-corrected chi connectivity index (χ1v) is 11.0. The van der Waals surface area contributed by atoms with Crippen molar-refractivity contribution in [3.63, 3.8) is 0 Å². The van der Waals surface area contributed by atoms with Gasteiger partial charge in [-0.15, -0.1) is 0 Å². The van der Waals surface area contributed by atoms with E-state index in [0.29, 0.717) is 24.0 Å². The SMILES string of the molecule is Cc1cccc([N+](=O)[O-])c1S(=O)(=O)N1CCCC(c2nc(-c3ccc(F)cc3)no2)C1. The molecule has 0 radical (unpaired) electrons. The summed E-state index contributed by atoms with van der Waals surface area (Å²) < 4.78 is 46.3. The van der Waals surface area contributed by atoms with Gasteiger partial charge in [0.15, 0.2) is 4.90 Å². The highest BCUT2D eigenvalue weighted by Crippen LogP contribution is 2.34. The number of benzene rings is 2. The number of nitrogens with zero attached hydrogens (tertiary/aromatic N) is 4. The van der Waals surface area contributed by atoms with Crippen LogP contribution in [0.2, 0.25) is 0 Å². The third-order valence-corrected chi connectivity index (χ3v) is 7.32. The number of nitro benzene ring substituents is 1. The first kappa shape index (κ1) is 21.1. The van der Waals surface area contributed by atoms with E-state index in [1.54, 1.807) is 0 Å². The molecule has 0 amide bonds. The molecule has 0 N–H and O–H groups in total. The number of aromatic nitrogens is 2. The van der Waals surface area contributed by atoms with E-state index in [1.165, 1.54) is 53.7 Å². The summed E-state index contributed by atoms with van der Waals surface area (Å²) in [6.45, 7) is 1.84. The van der Waals surface area contributed by atoms with Gasteiger partial charge in [-0.3, -0.25) is 10.1 Å². The first-order chi connectivity index (χ1) is 14.8. The summed E-state index contributed by atoms with van der Waals surface area (Å²) in [5.41, 5.74) is 0.443. The predicted molar refractivity (Wildman–Crippen MR) is 108 cm³/mol. The highest BCUT2D eigenvalue weighted by Gasteiger charge is 2.37. The van der Waals surface area contributed by atoms with Gasteiger partial charge < -0.3 is 4.52 Å². The van der Waals surface area contributed by atoms with Crippen molar-refractivity contribution in [2.24, 2.45) is 0 Å². The lowest BCUT2D eigenvalue weighted by Gasteiger charge is -2.30. The topological polar surface area (TPSA) is 119 Å². The van der Waals surface area contributed by atoms with Gasteiger partial charge in [-0.1, -0.05) is 17.3 Å². The van der Waals surface area contributed by atoms with Crippen molar-refractivity contribution < 1.29 is 22.3 Å². The lowest BCUT2D eigenvalue weighted by atomic mass is 10.00. The Bertz CT molecular complexity index is 1230. The number of hydrogen-bond donors (Lipinski definition) is 0. The number of piperidine rings is 1. The maximum absolute atomic E-state index is 13.3. The molecule has 31 heavy (non-hydrogen) atoms. The molecule has 162 valence electrons. The normalized spacial score (nSPS) is 17.5. The second-order valence-corrected chi connectivity index (χ2v) is 9.22. The molecule has 1 aliphatic rings. The Labute approximate surface area is 177 Å². The third-order valence-electron chi connectivity index (χ3n) is 5.26. The molecule has 0 spiro atoms. The average molecular weight is 446 g/mol. The van der Waals surface area contributed by atoms with Crippen LogP contribution in [0.1, 0.15) is 30.2 Å². The van der Waals surface area contributed by atoms with Gasteiger partial charge >= 0.3 is 0 Å². The molecule has 0 saturated carbocycles. The minimum absolute atomic E-state index is 0.0683. The van der Waals surface area contributed by atoms with Crippen LogP contribution in [-0.2, 0) is 10.0 Å². The van der Waals surface area contributed by atoms with Crippen LogP contribution in [0.3, 0.4) is 0 Å². The van der Waals surface area contributed by atoms with Crippen LogP contribution in [0.25, 0.3) is 11.4 Å². The number of rotatable bonds is 5. The van der Waals surface area contributed by atoms with Crippen molar-refractivity contribution in [3.8, 4) is 11.4 Å². The predicted octanol–water partition coefficient (Wildman–Crippen LogP) is 3.66. The molecule has 1 atom stereocenters. The number of aryl methyl sites for hydroxylation is 1. The molecule has 2 heterocycles. The fourth-order valence-electron chi connectivity index (χ4n) is 3.72. The van der Waals surface area contributed by atoms with Crippen LogP contribution < -0.4 is 0 Å². The van der Waals surface area contributed by atoms with Crippen molar-refractivity contribution in [2.45, 2.75) is 30.6 Å². The van der Waals surface area contributed by atoms with Gasteiger partial charge in [0.1, 0.15) is 5.82 Å². The minimum Gasteiger partial charge on any atom is -0.339 e. The Morgan fingerprint density at radius 2 is 1.97 bits per heavy atom. The first-order valence-electron chi connectivity index (χ1n) is 9.61. The van der Waals surface area contributed by atoms with Crippen LogP contribution in [0.15, 0.2) is 51.9 Å². The van der Waals surface area contributed by atoms with Gasteiger partial charge in [-0.25, -0.2) is 12.8 Å². The van der Waals surface area contributed by atoms with E-state index in [-0.39, 0.29) is 41.4 Å². The van der Waals surface area contributed by atoms with Gasteiger partial charge in [-0.2, -0.15) is 9.29 Å². The summed E-state index contributed by atoms with van der Waals surface area (Å²) in [7, 11) is -4.10. The summed E-state index contributed by atoms with van der Waals surface area (Å²) >= 11 is 0. The molecule has 1 saturated heterocycles. The molecule has 0 bridgehead atoms. The molecule has 1 aliphatic heterocycles. The lowest BCUT2D eigenvalue weighted by Crippen LogP contribution is -2.39. The fraction of sp³-hybridized carbons (Fsp3) is 0.300. The number of hydrogen-bond acceptors (Lipinski definition) is 7. The highest BCUT2D eigenvalue weighted by molar-refractivity contribution is 7.89. The molecule has 4 rings (SSSR count). The van der Waals surface area contributed by atoms with E-state index in [4.69, 9.17) is 4.52 Å². The van der Waals surface area contributed by atoms with Crippen LogP contribution in [0.5, 0.6) is 0 Å². The molecule has 3 aromatic rings. The number of halogens is 1. The zero-order valence-electron chi connectivity index (χ0n) is 16.6. The van der Waals surface area contributed by atoms with Gasteiger partial charge in [0.2, 0.25) is 21.7 Å². The maximum Gasteiger partial charge on any atom is 0.289 e. The van der Waals surface area contributed by atoms with E-state index in [9.17, 15) is 22.9 Å². The zero-order chi connectivity index (χ0) is 22.2. The van der Waals surface area contributed by atoms with Gasteiger partial charge in [0.25, 0.3) is 5.69 Å². The Morgan fingerprint density at radius 3 is 2.68 bits per heavy atom. The molecule has 9 nitrogen and oxygen atoms in total. The Hall–Kier alpha value is -3.18. The third kappa shape index (κ3) is 4.06. The van der Waals surface area contributed by atoms with E-state index in [2.05, 4.69) is 10.1 Å². The van der Waals surface area contributed by atoms with E-state index in [1.807, 2.05) is 0 Å². The molecule has 1 aromatic heterocycles. The van der Waals surface area contributed by atoms with Gasteiger partial charge in [0, 0.05) is 24.7 Å². The van der Waals surface area contributed by atoms with Crippen molar-refractivity contribution in [2.75, 3.05) is 13.1 Å². The van der Waals surface area contributed by atoms with Crippen molar-refractivity contribution in [3.05, 3.63) is 69.9 Å². The monoisotopic (exact) mass is 446 g/mol. The Morgan fingerprint density at radius 1 is 1.23 bits per heavy atom. The maximum atomic E-state index is 13.3. The Balaban J connectivity index is 1.61. The number of nitro groups is 1. The molecule has 2 aromatic carbocycles. The summed E-state index contributed by atoms with van der Waals surface area (Å²) in [5.74, 6) is -0.178. The van der Waals surface area contributed by atoms with Crippen LogP contribution in [0.4, 0.5) is 10.1 Å². The second-order valence-electron chi connectivity index (χ2n) is 7.35. The number of sulfonamides is 1. The summed E-state index contributed by atoms with van der Waals surface area (Å²) in [6.07, 6.45) is 1.17. The standard InChI is InChI=1S/C20H19FN4O5S/c1-13-4-2-6-17(25(26)27)18(13)31(28,29)24-11-3-5-15(12-24)20-22-19(23-30-20)14-7-9-16(21)10-8-14/h2,4,6-10,15H,3,5,11-12H2,1H3. The van der Waals surface area contributed by atoms with Crippen molar-refractivity contribution in [1.82, 2.24) is 14.4 Å². The van der Waals surface area contributed by atoms with Crippen molar-refractivity contribution >= 4 is 15.7 Å². The second kappa shape index (κ2) is 8.16. The molecule has 0 aliphatic carbocycles. The summed E-state index contributed by atoms with van der Waals surface area (Å²) in [4.78, 5) is 14.8. The van der Waals surface area contributed by atoms with E-state index in [0.717, 1.165) is 0 Å². The van der Waals surface area contributed by atoms with Gasteiger partial charge in [-0.05, 0) is 49.6 Å². The summed E-state index contributed by atoms with van der Waals surface area (Å²) in [5, 5.41) is 15.3. The molecule has 1 fully saturated rings. The zero-order valence-corrected chi connectivity index (χ0v) is 17.4. The molecule has 11 heteroatoms. The van der Waals surface area contributed by atoms with E-state index < -0.39 is 20.6 Å². The summed E-state index contributed by atoms with van der Waals surface area (Å²) in [6, 6.07) is 9.81. The fourth-order valence-corrected chi connectivity index (χ4v) is 5.61.